The second-order valence-electron chi connectivity index (χ2n) is 5.70. The molecule has 23 heavy (non-hydrogen) atoms. The van der Waals surface area contributed by atoms with Crippen LogP contribution in [0, 0.1) is 0 Å². The number of carbonyl (C=O) groups excluding carboxylic acids is 2. The summed E-state index contributed by atoms with van der Waals surface area (Å²) >= 11 is 0. The van der Waals surface area contributed by atoms with E-state index in [0.717, 1.165) is 25.3 Å². The Morgan fingerprint density at radius 2 is 1.70 bits per heavy atom. The van der Waals surface area contributed by atoms with Gasteiger partial charge in [0.15, 0.2) is 0 Å². The van der Waals surface area contributed by atoms with Crippen molar-refractivity contribution in [2.45, 2.75) is 71.6 Å². The summed E-state index contributed by atoms with van der Waals surface area (Å²) in [7, 11) is 0. The number of carbonyl (C=O) groups is 2. The fraction of sp³-hybridized carbons (Fsp3) is 0.667. The van der Waals surface area contributed by atoms with Crippen LogP contribution in [-0.2, 0) is 19.1 Å². The molecule has 1 N–H and O–H groups in total. The highest BCUT2D eigenvalue weighted by Gasteiger charge is 2.29. The number of ether oxygens (including phenoxy) is 2. The standard InChI is InChI=1S/C18H28O5/c1-3-5-6-7-8-9-10-11-12-14-15(13-16(19)22-4-2)23-18(21)17(14)20/h13,20H,3-12H2,1-2H3/b15-13-. The number of unbranched alkanes of at least 4 members (excludes halogenated alkanes) is 7. The van der Waals surface area contributed by atoms with E-state index >= 15 is 0 Å². The van der Waals surface area contributed by atoms with Crippen molar-refractivity contribution in [3.8, 4) is 0 Å². The molecule has 130 valence electrons. The average Bonchev–Trinajstić information content (AvgIpc) is 2.77. The zero-order valence-electron chi connectivity index (χ0n) is 14.2. The lowest BCUT2D eigenvalue weighted by molar-refractivity contribution is -0.137. The van der Waals surface area contributed by atoms with E-state index in [4.69, 9.17) is 9.47 Å². The molecule has 0 saturated carbocycles. The van der Waals surface area contributed by atoms with Gasteiger partial charge in [-0.05, 0) is 19.8 Å². The molecule has 0 fully saturated rings. The van der Waals surface area contributed by atoms with Gasteiger partial charge >= 0.3 is 11.9 Å². The largest absolute Gasteiger partial charge is 0.502 e. The number of rotatable bonds is 11. The van der Waals surface area contributed by atoms with E-state index in [1.807, 2.05) is 0 Å². The molecule has 0 atom stereocenters. The zero-order valence-corrected chi connectivity index (χ0v) is 14.2. The van der Waals surface area contributed by atoms with Gasteiger partial charge in [-0.2, -0.15) is 0 Å². The van der Waals surface area contributed by atoms with E-state index in [-0.39, 0.29) is 18.1 Å². The molecule has 0 unspecified atom stereocenters. The minimum absolute atomic E-state index is 0.119. The smallest absolute Gasteiger partial charge is 0.379 e. The number of hydrogen-bond acceptors (Lipinski definition) is 5. The summed E-state index contributed by atoms with van der Waals surface area (Å²) in [5.41, 5.74) is 0.411. The highest BCUT2D eigenvalue weighted by Crippen LogP contribution is 2.29. The highest BCUT2D eigenvalue weighted by molar-refractivity contribution is 5.94. The second-order valence-corrected chi connectivity index (χ2v) is 5.70. The van der Waals surface area contributed by atoms with Crippen LogP contribution in [0.3, 0.4) is 0 Å². The van der Waals surface area contributed by atoms with Crippen molar-refractivity contribution in [3.05, 3.63) is 23.2 Å². The maximum absolute atomic E-state index is 11.5. The van der Waals surface area contributed by atoms with Gasteiger partial charge in [0.1, 0.15) is 5.76 Å². The molecule has 5 nitrogen and oxygen atoms in total. The molecule has 0 amide bonds. The number of cyclic esters (lactones) is 1. The molecule has 0 saturated heterocycles. The monoisotopic (exact) mass is 324 g/mol. The van der Waals surface area contributed by atoms with Crippen molar-refractivity contribution in [1.29, 1.82) is 0 Å². The van der Waals surface area contributed by atoms with Gasteiger partial charge in [0.2, 0.25) is 5.76 Å². The van der Waals surface area contributed by atoms with Gasteiger partial charge in [-0.3, -0.25) is 0 Å². The van der Waals surface area contributed by atoms with Crippen LogP contribution in [0.25, 0.3) is 0 Å². The van der Waals surface area contributed by atoms with Gasteiger partial charge in [-0.15, -0.1) is 0 Å². The topological polar surface area (TPSA) is 72.8 Å². The SMILES string of the molecule is CCCCCCCCCCC1=C(O)C(=O)O/C1=C\C(=O)OCC. The zero-order chi connectivity index (χ0) is 17.1. The lowest BCUT2D eigenvalue weighted by Gasteiger charge is -2.05. The predicted octanol–water partition coefficient (Wildman–Crippen LogP) is 4.33. The van der Waals surface area contributed by atoms with Crippen LogP contribution in [0.4, 0.5) is 0 Å². The first-order chi connectivity index (χ1) is 11.1. The summed E-state index contributed by atoms with van der Waals surface area (Å²) < 4.78 is 9.72. The first kappa shape index (κ1) is 19.3. The Kier molecular flexibility index (Phi) is 9.10. The second kappa shape index (κ2) is 10.9. The van der Waals surface area contributed by atoms with E-state index in [9.17, 15) is 14.7 Å². The Balaban J connectivity index is 2.39. The lowest BCUT2D eigenvalue weighted by Crippen LogP contribution is -2.03. The molecule has 1 heterocycles. The van der Waals surface area contributed by atoms with Crippen LogP contribution >= 0.6 is 0 Å². The summed E-state index contributed by atoms with van der Waals surface area (Å²) in [4.78, 5) is 22.9. The molecule has 0 radical (unpaired) electrons. The summed E-state index contributed by atoms with van der Waals surface area (Å²) in [5, 5.41) is 9.78. The fourth-order valence-electron chi connectivity index (χ4n) is 2.53. The van der Waals surface area contributed by atoms with Crippen LogP contribution in [0.15, 0.2) is 23.2 Å². The highest BCUT2D eigenvalue weighted by atomic mass is 16.6. The fourth-order valence-corrected chi connectivity index (χ4v) is 2.53. The van der Waals surface area contributed by atoms with Crippen molar-refractivity contribution in [2.75, 3.05) is 6.61 Å². The van der Waals surface area contributed by atoms with Gasteiger partial charge in [-0.25, -0.2) is 9.59 Å². The normalized spacial score (nSPS) is 16.1. The van der Waals surface area contributed by atoms with Gasteiger partial charge in [0, 0.05) is 5.57 Å². The van der Waals surface area contributed by atoms with Gasteiger partial charge in [0.25, 0.3) is 0 Å². The quantitative estimate of drug-likeness (QED) is 0.348. The van der Waals surface area contributed by atoms with E-state index < -0.39 is 11.9 Å². The Morgan fingerprint density at radius 3 is 2.30 bits per heavy atom. The first-order valence-corrected chi connectivity index (χ1v) is 8.63. The van der Waals surface area contributed by atoms with Gasteiger partial charge in [0.05, 0.1) is 12.7 Å². The van der Waals surface area contributed by atoms with Crippen molar-refractivity contribution in [1.82, 2.24) is 0 Å². The first-order valence-electron chi connectivity index (χ1n) is 8.63. The molecular weight excluding hydrogens is 296 g/mol. The minimum atomic E-state index is -0.796. The minimum Gasteiger partial charge on any atom is -0.502 e. The van der Waals surface area contributed by atoms with Gasteiger partial charge < -0.3 is 14.6 Å². The maximum atomic E-state index is 11.5. The van der Waals surface area contributed by atoms with Crippen LogP contribution < -0.4 is 0 Å². The van der Waals surface area contributed by atoms with E-state index in [1.165, 1.54) is 32.1 Å². The van der Waals surface area contributed by atoms with Gasteiger partial charge in [-0.1, -0.05) is 51.9 Å². The van der Waals surface area contributed by atoms with E-state index in [1.54, 1.807) is 6.92 Å². The molecule has 0 aromatic rings. The molecule has 0 aromatic carbocycles. The molecule has 0 bridgehead atoms. The average molecular weight is 324 g/mol. The maximum Gasteiger partial charge on any atom is 0.379 e. The number of esters is 2. The summed E-state index contributed by atoms with van der Waals surface area (Å²) in [5.74, 6) is -1.63. The third kappa shape index (κ3) is 6.89. The number of hydrogen-bond donors (Lipinski definition) is 1. The Morgan fingerprint density at radius 1 is 1.09 bits per heavy atom. The Hall–Kier alpha value is -1.78. The third-order valence-electron chi connectivity index (χ3n) is 3.80. The molecule has 1 rings (SSSR count). The molecule has 1 aliphatic heterocycles. The number of aliphatic hydroxyl groups is 1. The summed E-state index contributed by atoms with van der Waals surface area (Å²) in [6, 6.07) is 0. The summed E-state index contributed by atoms with van der Waals surface area (Å²) in [6.45, 7) is 4.15. The van der Waals surface area contributed by atoms with Crippen LogP contribution in [0.5, 0.6) is 0 Å². The van der Waals surface area contributed by atoms with Crippen molar-refractivity contribution < 1.29 is 24.2 Å². The Labute approximate surface area is 138 Å². The molecular formula is C18H28O5. The molecule has 0 spiro atoms. The number of aliphatic hydroxyl groups excluding tert-OH is 1. The number of allylic oxidation sites excluding steroid dienone is 1. The molecule has 0 aliphatic carbocycles. The van der Waals surface area contributed by atoms with Crippen LogP contribution in [-0.4, -0.2) is 23.7 Å². The third-order valence-corrected chi connectivity index (χ3v) is 3.80. The van der Waals surface area contributed by atoms with E-state index in [0.29, 0.717) is 12.0 Å². The van der Waals surface area contributed by atoms with Crippen molar-refractivity contribution >= 4 is 11.9 Å². The lowest BCUT2D eigenvalue weighted by atomic mass is 10.0. The molecule has 5 heteroatoms. The van der Waals surface area contributed by atoms with Crippen LogP contribution in [0.2, 0.25) is 0 Å². The predicted molar refractivity (Wildman–Crippen MR) is 87.7 cm³/mol. The van der Waals surface area contributed by atoms with E-state index in [2.05, 4.69) is 6.92 Å². The molecule has 1 aliphatic rings. The molecule has 0 aromatic heterocycles. The Bertz CT molecular complexity index is 462. The van der Waals surface area contributed by atoms with Crippen molar-refractivity contribution in [3.63, 3.8) is 0 Å². The van der Waals surface area contributed by atoms with Crippen LogP contribution in [0.1, 0.15) is 71.6 Å². The summed E-state index contributed by atoms with van der Waals surface area (Å²) in [6.07, 6.45) is 11.0. The van der Waals surface area contributed by atoms with Crippen molar-refractivity contribution in [2.24, 2.45) is 0 Å².